The van der Waals surface area contributed by atoms with E-state index in [0.717, 1.165) is 61.9 Å². The van der Waals surface area contributed by atoms with E-state index >= 15 is 0 Å². The first-order valence-electron chi connectivity index (χ1n) is 7.88. The van der Waals surface area contributed by atoms with Crippen LogP contribution in [0.4, 0.5) is 0 Å². The van der Waals surface area contributed by atoms with Crippen LogP contribution in [0.3, 0.4) is 0 Å². The van der Waals surface area contributed by atoms with E-state index < -0.39 is 0 Å². The number of halogens is 1. The van der Waals surface area contributed by atoms with Crippen LogP contribution in [0.2, 0.25) is 5.02 Å². The largest absolute Gasteiger partial charge is 0.394 e. The van der Waals surface area contributed by atoms with Gasteiger partial charge < -0.3 is 9.84 Å². The predicted octanol–water partition coefficient (Wildman–Crippen LogP) is 2.09. The molecule has 0 atom stereocenters. The molecule has 0 aliphatic carbocycles. The van der Waals surface area contributed by atoms with Gasteiger partial charge in [0.05, 0.1) is 35.7 Å². The average Bonchev–Trinajstić information content (AvgIpc) is 2.82. The van der Waals surface area contributed by atoms with Crippen molar-refractivity contribution >= 4 is 11.6 Å². The SMILES string of the molecule is CCc1nn(CC)c(CN2CCC(OCCO)CC2)c1Cl. The lowest BCUT2D eigenvalue weighted by atomic mass is 10.1. The summed E-state index contributed by atoms with van der Waals surface area (Å²) in [6, 6.07) is 0. The number of likely N-dealkylation sites (tertiary alicyclic amines) is 1. The number of aryl methyl sites for hydroxylation is 2. The van der Waals surface area contributed by atoms with Crippen LogP contribution in [0.25, 0.3) is 0 Å². The molecule has 21 heavy (non-hydrogen) atoms. The number of aliphatic hydroxyl groups is 1. The minimum absolute atomic E-state index is 0.102. The third kappa shape index (κ3) is 4.19. The smallest absolute Gasteiger partial charge is 0.0863 e. The van der Waals surface area contributed by atoms with E-state index in [2.05, 4.69) is 23.8 Å². The third-order valence-corrected chi connectivity index (χ3v) is 4.48. The summed E-state index contributed by atoms with van der Waals surface area (Å²) in [6.07, 6.45) is 3.18. The molecular formula is C15H26ClN3O2. The second kappa shape index (κ2) is 8.13. The number of hydrogen-bond donors (Lipinski definition) is 1. The molecule has 1 saturated heterocycles. The summed E-state index contributed by atoms with van der Waals surface area (Å²) in [5, 5.41) is 14.2. The van der Waals surface area contributed by atoms with Gasteiger partial charge in [-0.05, 0) is 26.2 Å². The maximum atomic E-state index is 8.80. The van der Waals surface area contributed by atoms with Crippen molar-refractivity contribution in [3.05, 3.63) is 16.4 Å². The average molecular weight is 316 g/mol. The molecule has 0 bridgehead atoms. The molecule has 0 aromatic carbocycles. The number of nitrogens with zero attached hydrogens (tertiary/aromatic N) is 3. The van der Waals surface area contributed by atoms with Crippen molar-refractivity contribution in [2.24, 2.45) is 0 Å². The maximum Gasteiger partial charge on any atom is 0.0863 e. The number of ether oxygens (including phenoxy) is 1. The number of piperidine rings is 1. The van der Waals surface area contributed by atoms with Gasteiger partial charge in [0.15, 0.2) is 0 Å². The first kappa shape index (κ1) is 16.7. The van der Waals surface area contributed by atoms with Crippen LogP contribution < -0.4 is 0 Å². The Morgan fingerprint density at radius 2 is 2.05 bits per heavy atom. The molecule has 0 amide bonds. The van der Waals surface area contributed by atoms with E-state index in [1.165, 1.54) is 0 Å². The monoisotopic (exact) mass is 315 g/mol. The highest BCUT2D eigenvalue weighted by molar-refractivity contribution is 6.31. The first-order chi connectivity index (χ1) is 10.2. The number of aliphatic hydroxyl groups excluding tert-OH is 1. The Bertz CT molecular complexity index is 442. The molecule has 120 valence electrons. The summed E-state index contributed by atoms with van der Waals surface area (Å²) < 4.78 is 7.62. The fourth-order valence-electron chi connectivity index (χ4n) is 2.83. The fourth-order valence-corrected chi connectivity index (χ4v) is 3.16. The van der Waals surface area contributed by atoms with Crippen LogP contribution in [0, 0.1) is 0 Å². The van der Waals surface area contributed by atoms with Gasteiger partial charge in [-0.2, -0.15) is 5.10 Å². The van der Waals surface area contributed by atoms with Crippen LogP contribution in [-0.2, 0) is 24.2 Å². The van der Waals surface area contributed by atoms with Gasteiger partial charge in [-0.1, -0.05) is 18.5 Å². The first-order valence-corrected chi connectivity index (χ1v) is 8.26. The Balaban J connectivity index is 1.93. The van der Waals surface area contributed by atoms with Gasteiger partial charge in [0.25, 0.3) is 0 Å². The number of hydrogen-bond acceptors (Lipinski definition) is 4. The summed E-state index contributed by atoms with van der Waals surface area (Å²) in [7, 11) is 0. The van der Waals surface area contributed by atoms with Gasteiger partial charge in [-0.25, -0.2) is 0 Å². The molecule has 6 heteroatoms. The lowest BCUT2D eigenvalue weighted by Crippen LogP contribution is -2.37. The molecule has 1 aromatic heterocycles. The van der Waals surface area contributed by atoms with Crippen molar-refractivity contribution in [3.8, 4) is 0 Å². The minimum atomic E-state index is 0.102. The Labute approximate surface area is 131 Å². The van der Waals surface area contributed by atoms with Crippen LogP contribution in [0.5, 0.6) is 0 Å². The predicted molar refractivity (Wildman–Crippen MR) is 83.6 cm³/mol. The van der Waals surface area contributed by atoms with E-state index in [1.54, 1.807) is 0 Å². The normalized spacial score (nSPS) is 17.5. The minimum Gasteiger partial charge on any atom is -0.394 e. The Hall–Kier alpha value is -0.620. The van der Waals surface area contributed by atoms with Crippen LogP contribution in [0.15, 0.2) is 0 Å². The van der Waals surface area contributed by atoms with E-state index in [0.29, 0.717) is 6.61 Å². The third-order valence-electron chi connectivity index (χ3n) is 4.05. The molecule has 0 saturated carbocycles. The Kier molecular flexibility index (Phi) is 6.48. The van der Waals surface area contributed by atoms with Gasteiger partial charge in [0.1, 0.15) is 0 Å². The van der Waals surface area contributed by atoms with Gasteiger partial charge in [0, 0.05) is 26.2 Å². The second-order valence-electron chi connectivity index (χ2n) is 5.45. The second-order valence-corrected chi connectivity index (χ2v) is 5.82. The lowest BCUT2D eigenvalue weighted by molar-refractivity contribution is -0.00936. The van der Waals surface area contributed by atoms with Gasteiger partial charge in [0.2, 0.25) is 0 Å². The molecule has 1 aromatic rings. The van der Waals surface area contributed by atoms with Crippen molar-refractivity contribution in [1.82, 2.24) is 14.7 Å². The summed E-state index contributed by atoms with van der Waals surface area (Å²) in [5.74, 6) is 0. The molecule has 1 N–H and O–H groups in total. The molecular weight excluding hydrogens is 290 g/mol. The highest BCUT2D eigenvalue weighted by Crippen LogP contribution is 2.24. The summed E-state index contributed by atoms with van der Waals surface area (Å²) in [5.41, 5.74) is 2.13. The summed E-state index contributed by atoms with van der Waals surface area (Å²) in [4.78, 5) is 2.41. The highest BCUT2D eigenvalue weighted by Gasteiger charge is 2.22. The van der Waals surface area contributed by atoms with Crippen molar-refractivity contribution in [2.45, 2.75) is 52.3 Å². The van der Waals surface area contributed by atoms with Crippen molar-refractivity contribution in [1.29, 1.82) is 0 Å². The van der Waals surface area contributed by atoms with E-state index in [-0.39, 0.29) is 12.7 Å². The Morgan fingerprint density at radius 3 is 2.62 bits per heavy atom. The van der Waals surface area contributed by atoms with Crippen LogP contribution >= 0.6 is 11.6 Å². The molecule has 5 nitrogen and oxygen atoms in total. The van der Waals surface area contributed by atoms with Crippen LogP contribution in [0.1, 0.15) is 38.1 Å². The molecule has 1 aliphatic heterocycles. The van der Waals surface area contributed by atoms with E-state index in [1.807, 2.05) is 4.68 Å². The molecule has 0 radical (unpaired) electrons. The maximum absolute atomic E-state index is 8.80. The van der Waals surface area contributed by atoms with Crippen molar-refractivity contribution in [2.75, 3.05) is 26.3 Å². The van der Waals surface area contributed by atoms with Gasteiger partial charge >= 0.3 is 0 Å². The summed E-state index contributed by atoms with van der Waals surface area (Å²) >= 11 is 6.46. The Morgan fingerprint density at radius 1 is 1.33 bits per heavy atom. The molecule has 1 aliphatic rings. The topological polar surface area (TPSA) is 50.5 Å². The zero-order valence-corrected chi connectivity index (χ0v) is 13.8. The van der Waals surface area contributed by atoms with E-state index in [9.17, 15) is 0 Å². The van der Waals surface area contributed by atoms with Crippen LogP contribution in [-0.4, -0.2) is 52.2 Å². The van der Waals surface area contributed by atoms with Gasteiger partial charge in [-0.3, -0.25) is 9.58 Å². The molecule has 1 fully saturated rings. The highest BCUT2D eigenvalue weighted by atomic mass is 35.5. The fraction of sp³-hybridized carbons (Fsp3) is 0.800. The standard InChI is InChI=1S/C15H26ClN3O2/c1-3-13-15(16)14(19(4-2)17-13)11-18-7-5-12(6-8-18)21-10-9-20/h12,20H,3-11H2,1-2H3. The molecule has 0 spiro atoms. The summed E-state index contributed by atoms with van der Waals surface area (Å²) in [6.45, 7) is 8.44. The van der Waals surface area contributed by atoms with Crippen molar-refractivity contribution in [3.63, 3.8) is 0 Å². The number of rotatable bonds is 7. The van der Waals surface area contributed by atoms with E-state index in [4.69, 9.17) is 21.4 Å². The van der Waals surface area contributed by atoms with Gasteiger partial charge in [-0.15, -0.1) is 0 Å². The zero-order chi connectivity index (χ0) is 15.2. The number of aromatic nitrogens is 2. The quantitative estimate of drug-likeness (QED) is 0.837. The lowest BCUT2D eigenvalue weighted by Gasteiger charge is -2.31. The molecule has 2 rings (SSSR count). The molecule has 0 unspecified atom stereocenters. The zero-order valence-electron chi connectivity index (χ0n) is 13.0. The van der Waals surface area contributed by atoms with Crippen molar-refractivity contribution < 1.29 is 9.84 Å². The molecule has 2 heterocycles.